The van der Waals surface area contributed by atoms with Crippen molar-refractivity contribution in [3.63, 3.8) is 0 Å². The van der Waals surface area contributed by atoms with Crippen molar-refractivity contribution in [2.45, 2.75) is 19.4 Å². The molecule has 2 rings (SSSR count). The van der Waals surface area contributed by atoms with Gasteiger partial charge in [-0.15, -0.1) is 24.8 Å². The molecule has 0 atom stereocenters. The lowest BCUT2D eigenvalue weighted by Gasteiger charge is -2.32. The van der Waals surface area contributed by atoms with Gasteiger partial charge in [0.05, 0.1) is 13.1 Å². The highest BCUT2D eigenvalue weighted by atomic mass is 35.5. The van der Waals surface area contributed by atoms with E-state index in [0.29, 0.717) is 12.5 Å². The lowest BCUT2D eigenvalue weighted by Crippen LogP contribution is -2.42. The number of nitrogens with two attached hydrogens (primary N) is 1. The summed E-state index contributed by atoms with van der Waals surface area (Å²) in [5.74, 6) is -0.0185. The Morgan fingerprint density at radius 3 is 2.38 bits per heavy atom. The third-order valence-corrected chi connectivity index (χ3v) is 4.65. The van der Waals surface area contributed by atoms with Gasteiger partial charge in [-0.05, 0) is 43.5 Å². The van der Waals surface area contributed by atoms with Crippen LogP contribution in [-0.4, -0.2) is 49.4 Å². The van der Waals surface area contributed by atoms with Crippen molar-refractivity contribution in [2.24, 2.45) is 11.7 Å². The molecule has 0 aromatic heterocycles. The third-order valence-electron chi connectivity index (χ3n) is 4.28. The molecule has 1 fully saturated rings. The third kappa shape index (κ3) is 8.56. The van der Waals surface area contributed by atoms with Gasteiger partial charge in [-0.1, -0.05) is 29.8 Å². The number of nitrogens with one attached hydrogen (secondary N) is 2. The second-order valence-corrected chi connectivity index (χ2v) is 6.50. The average molecular weight is 426 g/mol. The molecule has 0 saturated carbocycles. The molecule has 4 N–H and O–H groups in total. The summed E-state index contributed by atoms with van der Waals surface area (Å²) in [6, 6.07) is 7.93. The molecule has 0 bridgehead atoms. The topological polar surface area (TPSA) is 87.5 Å². The van der Waals surface area contributed by atoms with Crippen molar-refractivity contribution in [2.75, 3.05) is 32.7 Å². The first-order valence-electron chi connectivity index (χ1n) is 8.27. The first-order valence-corrected chi connectivity index (χ1v) is 8.65. The summed E-state index contributed by atoms with van der Waals surface area (Å²) in [7, 11) is 0. The van der Waals surface area contributed by atoms with Crippen LogP contribution in [0.1, 0.15) is 18.4 Å². The summed E-state index contributed by atoms with van der Waals surface area (Å²) in [5.41, 5.74) is 6.32. The monoisotopic (exact) mass is 424 g/mol. The van der Waals surface area contributed by atoms with Gasteiger partial charge >= 0.3 is 0 Å². The summed E-state index contributed by atoms with van der Waals surface area (Å²) in [6.45, 7) is 3.39. The fourth-order valence-corrected chi connectivity index (χ4v) is 2.98. The predicted octanol–water partition coefficient (Wildman–Crippen LogP) is 1.59. The molecule has 0 spiro atoms. The van der Waals surface area contributed by atoms with Crippen LogP contribution >= 0.6 is 36.4 Å². The molecule has 1 aromatic carbocycles. The van der Waals surface area contributed by atoms with E-state index in [9.17, 15) is 9.59 Å². The van der Waals surface area contributed by atoms with Crippen LogP contribution in [0.15, 0.2) is 24.3 Å². The van der Waals surface area contributed by atoms with Gasteiger partial charge in [0.1, 0.15) is 0 Å². The maximum atomic E-state index is 11.7. The fourth-order valence-electron chi connectivity index (χ4n) is 2.79. The Balaban J connectivity index is 0.00000312. The number of carbonyl (C=O) groups excluding carboxylic acids is 2. The molecular weight excluding hydrogens is 399 g/mol. The number of carbonyl (C=O) groups is 2. The molecule has 1 heterocycles. The lowest BCUT2D eigenvalue weighted by atomic mass is 9.96. The number of rotatable bonds is 7. The number of halogens is 3. The normalized spacial score (nSPS) is 14.7. The molecule has 1 saturated heterocycles. The Morgan fingerprint density at radius 2 is 1.77 bits per heavy atom. The van der Waals surface area contributed by atoms with Crippen LogP contribution in [0.4, 0.5) is 0 Å². The van der Waals surface area contributed by atoms with E-state index in [1.165, 1.54) is 0 Å². The van der Waals surface area contributed by atoms with Crippen molar-refractivity contribution in [3.05, 3.63) is 34.9 Å². The first-order chi connectivity index (χ1) is 11.6. The highest BCUT2D eigenvalue weighted by molar-refractivity contribution is 6.31. The Kier molecular flexibility index (Phi) is 12.6. The molecule has 148 valence electrons. The molecule has 2 amide bonds. The van der Waals surface area contributed by atoms with Crippen LogP contribution < -0.4 is 16.4 Å². The van der Waals surface area contributed by atoms with Crippen molar-refractivity contribution in [1.29, 1.82) is 0 Å². The molecule has 6 nitrogen and oxygen atoms in total. The summed E-state index contributed by atoms with van der Waals surface area (Å²) >= 11 is 6.21. The Labute approximate surface area is 172 Å². The van der Waals surface area contributed by atoms with Crippen LogP contribution in [0.25, 0.3) is 0 Å². The number of amides is 2. The van der Waals surface area contributed by atoms with Gasteiger partial charge in [-0.3, -0.25) is 14.5 Å². The van der Waals surface area contributed by atoms with Crippen LogP contribution in [-0.2, 0) is 16.1 Å². The molecule has 0 aliphatic carbocycles. The summed E-state index contributed by atoms with van der Waals surface area (Å²) in [5, 5.41) is 6.15. The molecule has 1 aromatic rings. The van der Waals surface area contributed by atoms with Crippen LogP contribution in [0.5, 0.6) is 0 Å². The van der Waals surface area contributed by atoms with Gasteiger partial charge in [-0.25, -0.2) is 0 Å². The Hall–Kier alpha value is -1.05. The quantitative estimate of drug-likeness (QED) is 0.619. The van der Waals surface area contributed by atoms with Gasteiger partial charge in [0, 0.05) is 18.1 Å². The number of hydrogen-bond acceptors (Lipinski definition) is 4. The van der Waals surface area contributed by atoms with E-state index in [4.69, 9.17) is 17.3 Å². The van der Waals surface area contributed by atoms with Gasteiger partial charge in [0.2, 0.25) is 11.8 Å². The zero-order valence-electron chi connectivity index (χ0n) is 14.6. The number of hydrogen-bond donors (Lipinski definition) is 3. The molecule has 0 unspecified atom stereocenters. The SMILES string of the molecule is Cl.Cl.NCC(=O)NCC(=O)NCC1CCN(Cc2ccccc2Cl)CC1. The highest BCUT2D eigenvalue weighted by Gasteiger charge is 2.20. The standard InChI is InChI=1S/C17H25ClN4O2.2ClH/c18-15-4-2-1-3-14(15)12-22-7-5-13(6-8-22)10-20-17(24)11-21-16(23)9-19;;/h1-4,13H,5-12,19H2,(H,20,24)(H,21,23);2*1H. The zero-order valence-corrected chi connectivity index (χ0v) is 17.0. The summed E-state index contributed by atoms with van der Waals surface area (Å²) < 4.78 is 0. The molecule has 0 radical (unpaired) electrons. The van der Waals surface area contributed by atoms with Gasteiger partial charge in [0.25, 0.3) is 0 Å². The molecule has 1 aliphatic heterocycles. The number of piperidine rings is 1. The van der Waals surface area contributed by atoms with Crippen LogP contribution in [0.3, 0.4) is 0 Å². The second-order valence-electron chi connectivity index (χ2n) is 6.10. The minimum Gasteiger partial charge on any atom is -0.354 e. The van der Waals surface area contributed by atoms with Crippen LogP contribution in [0, 0.1) is 5.92 Å². The van der Waals surface area contributed by atoms with Crippen molar-refractivity contribution >= 4 is 48.2 Å². The Morgan fingerprint density at radius 1 is 1.12 bits per heavy atom. The Bertz CT molecular complexity index is 567. The van der Waals surface area contributed by atoms with E-state index in [2.05, 4.69) is 21.6 Å². The van der Waals surface area contributed by atoms with Gasteiger partial charge in [0.15, 0.2) is 0 Å². The van der Waals surface area contributed by atoms with Gasteiger partial charge in [-0.2, -0.15) is 0 Å². The lowest BCUT2D eigenvalue weighted by molar-refractivity contribution is -0.125. The van der Waals surface area contributed by atoms with E-state index in [1.54, 1.807) is 0 Å². The van der Waals surface area contributed by atoms with E-state index in [-0.39, 0.29) is 49.7 Å². The minimum atomic E-state index is -0.321. The number of nitrogens with zero attached hydrogens (tertiary/aromatic N) is 1. The average Bonchev–Trinajstić information content (AvgIpc) is 2.61. The van der Waals surface area contributed by atoms with E-state index in [1.807, 2.05) is 18.2 Å². The van der Waals surface area contributed by atoms with Crippen molar-refractivity contribution in [1.82, 2.24) is 15.5 Å². The fraction of sp³-hybridized carbons (Fsp3) is 0.529. The van der Waals surface area contributed by atoms with Crippen molar-refractivity contribution in [3.8, 4) is 0 Å². The molecular formula is C17H27Cl3N4O2. The van der Waals surface area contributed by atoms with Crippen LogP contribution in [0.2, 0.25) is 5.02 Å². The highest BCUT2D eigenvalue weighted by Crippen LogP contribution is 2.21. The van der Waals surface area contributed by atoms with Crippen molar-refractivity contribution < 1.29 is 9.59 Å². The zero-order chi connectivity index (χ0) is 17.4. The maximum absolute atomic E-state index is 11.7. The smallest absolute Gasteiger partial charge is 0.239 e. The second kappa shape index (κ2) is 13.2. The molecule has 1 aliphatic rings. The summed E-state index contributed by atoms with van der Waals surface area (Å²) in [6.07, 6.45) is 2.08. The predicted molar refractivity (Wildman–Crippen MR) is 109 cm³/mol. The molecule has 9 heteroatoms. The summed E-state index contributed by atoms with van der Waals surface area (Å²) in [4.78, 5) is 25.0. The number of likely N-dealkylation sites (tertiary alicyclic amines) is 1. The minimum absolute atomic E-state index is 0. The van der Waals surface area contributed by atoms with E-state index >= 15 is 0 Å². The largest absolute Gasteiger partial charge is 0.354 e. The van der Waals surface area contributed by atoms with E-state index < -0.39 is 0 Å². The maximum Gasteiger partial charge on any atom is 0.239 e. The van der Waals surface area contributed by atoms with Gasteiger partial charge < -0.3 is 16.4 Å². The number of benzene rings is 1. The first kappa shape index (κ1) is 24.9. The molecule has 26 heavy (non-hydrogen) atoms. The van der Waals surface area contributed by atoms with E-state index in [0.717, 1.165) is 43.1 Å².